The number of carbonyl (C=O) groups excluding carboxylic acids is 1. The van der Waals surface area contributed by atoms with E-state index >= 15 is 0 Å². The Morgan fingerprint density at radius 3 is 2.67 bits per heavy atom. The van der Waals surface area contributed by atoms with Gasteiger partial charge in [0.05, 0.1) is 17.2 Å². The van der Waals surface area contributed by atoms with Crippen LogP contribution in [0.2, 0.25) is 0 Å². The molecule has 24 heavy (non-hydrogen) atoms. The van der Waals surface area contributed by atoms with E-state index in [1.54, 1.807) is 18.2 Å². The zero-order chi connectivity index (χ0) is 17.7. The fourth-order valence-corrected chi connectivity index (χ4v) is 2.32. The Morgan fingerprint density at radius 1 is 1.42 bits per heavy atom. The van der Waals surface area contributed by atoms with Gasteiger partial charge in [0.1, 0.15) is 6.42 Å². The quantitative estimate of drug-likeness (QED) is 0.516. The molecule has 1 N–H and O–H groups in total. The van der Waals surface area contributed by atoms with E-state index in [-0.39, 0.29) is 12.1 Å². The lowest BCUT2D eigenvalue weighted by Crippen LogP contribution is -2.16. The summed E-state index contributed by atoms with van der Waals surface area (Å²) in [5.74, 6) is -0.474. The zero-order valence-electron chi connectivity index (χ0n) is 13.2. The molecule has 0 saturated carbocycles. The molecule has 8 nitrogen and oxygen atoms in total. The Hall–Kier alpha value is -3.47. The largest absolute Gasteiger partial charge is 0.318 e. The Bertz CT molecular complexity index is 844. The monoisotopic (exact) mass is 325 g/mol. The zero-order valence-corrected chi connectivity index (χ0v) is 13.2. The van der Waals surface area contributed by atoms with Gasteiger partial charge in [-0.25, -0.2) is 5.43 Å². The van der Waals surface area contributed by atoms with Gasteiger partial charge in [0.15, 0.2) is 0 Å². The first-order chi connectivity index (χ1) is 11.4. The minimum absolute atomic E-state index is 0.0307. The predicted octanol–water partition coefficient (Wildman–Crippen LogP) is 2.37. The van der Waals surface area contributed by atoms with E-state index in [0.29, 0.717) is 0 Å². The van der Waals surface area contributed by atoms with Crippen LogP contribution in [0.25, 0.3) is 5.69 Å². The number of non-ortho nitro benzene ring substituents is 1. The van der Waals surface area contributed by atoms with Crippen molar-refractivity contribution in [1.29, 1.82) is 5.26 Å². The number of aromatic nitrogens is 1. The molecule has 2 rings (SSSR count). The Morgan fingerprint density at radius 2 is 2.08 bits per heavy atom. The first kappa shape index (κ1) is 16.9. The van der Waals surface area contributed by atoms with Gasteiger partial charge in [-0.1, -0.05) is 0 Å². The minimum Gasteiger partial charge on any atom is -0.318 e. The van der Waals surface area contributed by atoms with Gasteiger partial charge in [-0.05, 0) is 32.0 Å². The average molecular weight is 325 g/mol. The molecule has 122 valence electrons. The van der Waals surface area contributed by atoms with Crippen LogP contribution in [0.3, 0.4) is 0 Å². The molecule has 0 aliphatic carbocycles. The van der Waals surface area contributed by atoms with Crippen LogP contribution in [-0.2, 0) is 4.79 Å². The smallest absolute Gasteiger partial charge is 0.269 e. The van der Waals surface area contributed by atoms with E-state index in [4.69, 9.17) is 5.26 Å². The van der Waals surface area contributed by atoms with Crippen LogP contribution in [0, 0.1) is 35.3 Å². The molecule has 0 aliphatic heterocycles. The van der Waals surface area contributed by atoms with Crippen molar-refractivity contribution < 1.29 is 9.72 Å². The van der Waals surface area contributed by atoms with Crippen molar-refractivity contribution in [3.63, 3.8) is 0 Å². The second kappa shape index (κ2) is 7.19. The molecule has 0 unspecified atom stereocenters. The number of carbonyl (C=O) groups is 1. The van der Waals surface area contributed by atoms with Crippen molar-refractivity contribution in [3.8, 4) is 11.8 Å². The van der Waals surface area contributed by atoms with Crippen LogP contribution in [0.15, 0.2) is 35.4 Å². The highest BCUT2D eigenvalue weighted by Crippen LogP contribution is 2.21. The average Bonchev–Trinajstić information content (AvgIpc) is 2.82. The van der Waals surface area contributed by atoms with E-state index in [2.05, 4.69) is 10.5 Å². The lowest BCUT2D eigenvalue weighted by molar-refractivity contribution is -0.384. The summed E-state index contributed by atoms with van der Waals surface area (Å²) in [6, 6.07) is 9.87. The normalized spacial score (nSPS) is 10.5. The maximum atomic E-state index is 11.2. The molecular weight excluding hydrogens is 310 g/mol. The van der Waals surface area contributed by atoms with Gasteiger partial charge >= 0.3 is 0 Å². The SMILES string of the molecule is Cc1cc(/C=N\NC(=O)CC#N)c(C)n1-c1ccc([N+](=O)[O-])cc1. The van der Waals surface area contributed by atoms with E-state index in [9.17, 15) is 14.9 Å². The van der Waals surface area contributed by atoms with E-state index in [1.807, 2.05) is 24.5 Å². The lowest BCUT2D eigenvalue weighted by atomic mass is 10.2. The molecule has 8 heteroatoms. The number of hydrazone groups is 1. The number of benzene rings is 1. The third-order valence-electron chi connectivity index (χ3n) is 3.42. The van der Waals surface area contributed by atoms with Crippen LogP contribution < -0.4 is 5.43 Å². The fourth-order valence-electron chi connectivity index (χ4n) is 2.32. The molecule has 0 spiro atoms. The molecule has 1 amide bonds. The summed E-state index contributed by atoms with van der Waals surface area (Å²) in [4.78, 5) is 21.5. The summed E-state index contributed by atoms with van der Waals surface area (Å²) in [7, 11) is 0. The predicted molar refractivity (Wildman–Crippen MR) is 87.9 cm³/mol. The van der Waals surface area contributed by atoms with Gasteiger partial charge in [-0.3, -0.25) is 14.9 Å². The number of aryl methyl sites for hydroxylation is 1. The van der Waals surface area contributed by atoms with Gasteiger partial charge in [-0.15, -0.1) is 0 Å². The second-order valence-corrected chi connectivity index (χ2v) is 5.06. The molecular formula is C16H15N5O3. The number of nitrogens with one attached hydrogen (secondary N) is 1. The molecule has 1 heterocycles. The first-order valence-corrected chi connectivity index (χ1v) is 7.06. The van der Waals surface area contributed by atoms with Gasteiger partial charge in [0.25, 0.3) is 11.6 Å². The molecule has 0 fully saturated rings. The molecule has 0 aliphatic rings. The summed E-state index contributed by atoms with van der Waals surface area (Å²) in [6.07, 6.45) is 1.25. The van der Waals surface area contributed by atoms with Gasteiger partial charge in [0, 0.05) is 34.8 Å². The highest BCUT2D eigenvalue weighted by molar-refractivity contribution is 5.84. The van der Waals surface area contributed by atoms with Crippen LogP contribution >= 0.6 is 0 Å². The molecule has 2 aromatic rings. The number of nitro groups is 1. The summed E-state index contributed by atoms with van der Waals surface area (Å²) < 4.78 is 1.93. The number of nitriles is 1. The molecule has 1 aromatic heterocycles. The Labute approximate surface area is 138 Å². The summed E-state index contributed by atoms with van der Waals surface area (Å²) >= 11 is 0. The summed E-state index contributed by atoms with van der Waals surface area (Å²) in [5, 5.41) is 23.0. The minimum atomic E-state index is -0.474. The van der Waals surface area contributed by atoms with E-state index < -0.39 is 10.8 Å². The van der Waals surface area contributed by atoms with Crippen molar-refractivity contribution in [2.24, 2.45) is 5.10 Å². The topological polar surface area (TPSA) is 113 Å². The van der Waals surface area contributed by atoms with Crippen molar-refractivity contribution >= 4 is 17.8 Å². The third-order valence-corrected chi connectivity index (χ3v) is 3.42. The summed E-state index contributed by atoms with van der Waals surface area (Å²) in [5.41, 5.74) is 5.69. The van der Waals surface area contributed by atoms with Crippen molar-refractivity contribution in [2.75, 3.05) is 0 Å². The second-order valence-electron chi connectivity index (χ2n) is 5.06. The number of hydrogen-bond acceptors (Lipinski definition) is 5. The van der Waals surface area contributed by atoms with Gasteiger partial charge in [-0.2, -0.15) is 10.4 Å². The highest BCUT2D eigenvalue weighted by atomic mass is 16.6. The number of rotatable bonds is 5. The Balaban J connectivity index is 2.26. The van der Waals surface area contributed by atoms with Crippen molar-refractivity contribution in [1.82, 2.24) is 9.99 Å². The van der Waals surface area contributed by atoms with Crippen molar-refractivity contribution in [3.05, 3.63) is 57.4 Å². The molecule has 0 saturated heterocycles. The number of nitro benzene ring substituents is 1. The maximum Gasteiger partial charge on any atom is 0.269 e. The third kappa shape index (κ3) is 3.64. The van der Waals surface area contributed by atoms with E-state index in [1.165, 1.54) is 18.3 Å². The highest BCUT2D eigenvalue weighted by Gasteiger charge is 2.11. The van der Waals surface area contributed by atoms with Crippen LogP contribution in [0.1, 0.15) is 23.4 Å². The lowest BCUT2D eigenvalue weighted by Gasteiger charge is -2.09. The molecule has 0 bridgehead atoms. The molecule has 0 radical (unpaired) electrons. The summed E-state index contributed by atoms with van der Waals surface area (Å²) in [6.45, 7) is 3.78. The fraction of sp³-hybridized carbons (Fsp3) is 0.188. The number of nitrogens with zero attached hydrogens (tertiary/aromatic N) is 4. The molecule has 1 aromatic carbocycles. The number of amides is 1. The van der Waals surface area contributed by atoms with Crippen LogP contribution in [0.5, 0.6) is 0 Å². The first-order valence-electron chi connectivity index (χ1n) is 7.06. The Kier molecular flexibility index (Phi) is 5.06. The van der Waals surface area contributed by atoms with Gasteiger partial charge in [0.2, 0.25) is 0 Å². The standard InChI is InChI=1S/C16H15N5O3/c1-11-9-13(10-18-19-16(22)7-8-17)12(2)20(11)14-3-5-15(6-4-14)21(23)24/h3-6,9-10H,7H2,1-2H3,(H,19,22)/b18-10-. The maximum absolute atomic E-state index is 11.2. The molecule has 0 atom stereocenters. The van der Waals surface area contributed by atoms with Gasteiger partial charge < -0.3 is 4.57 Å². The number of hydrogen-bond donors (Lipinski definition) is 1. The van der Waals surface area contributed by atoms with E-state index in [0.717, 1.165) is 22.6 Å². The van der Waals surface area contributed by atoms with Crippen LogP contribution in [-0.4, -0.2) is 21.6 Å². The van der Waals surface area contributed by atoms with Crippen molar-refractivity contribution in [2.45, 2.75) is 20.3 Å². The van der Waals surface area contributed by atoms with Crippen LogP contribution in [0.4, 0.5) is 5.69 Å².